The number of hydrogen-bond acceptors (Lipinski definition) is 2. The number of aryl methyl sites for hydroxylation is 5. The predicted octanol–water partition coefficient (Wildman–Crippen LogP) is 5.14. The number of amides is 1. The highest BCUT2D eigenvalue weighted by Crippen LogP contribution is 2.22. The van der Waals surface area contributed by atoms with Crippen LogP contribution in [-0.2, 0) is 19.4 Å². The molecule has 0 atom stereocenters. The highest BCUT2D eigenvalue weighted by atomic mass is 16.2. The summed E-state index contributed by atoms with van der Waals surface area (Å²) in [5, 5.41) is 3.00. The molecule has 1 amide bonds. The van der Waals surface area contributed by atoms with Crippen molar-refractivity contribution in [2.45, 2.75) is 54.0 Å². The summed E-state index contributed by atoms with van der Waals surface area (Å²) in [6, 6.07) is 16.0. The lowest BCUT2D eigenvalue weighted by molar-refractivity contribution is 0.102. The smallest absolute Gasteiger partial charge is 0.261 e. The van der Waals surface area contributed by atoms with E-state index < -0.39 is 0 Å². The summed E-state index contributed by atoms with van der Waals surface area (Å²) in [4.78, 5) is 25.8. The van der Waals surface area contributed by atoms with Gasteiger partial charge in [-0.2, -0.15) is 0 Å². The Morgan fingerprint density at radius 1 is 1.00 bits per heavy atom. The number of nitrogens with zero attached hydrogens (tertiary/aromatic N) is 1. The van der Waals surface area contributed by atoms with E-state index in [0.717, 1.165) is 35.3 Å². The SMILES string of the molecule is CCc1cccc(C)c1NC(=O)c1c(C)n(CCc2ccc(C)cc2)c(C)cc1=O. The molecule has 0 saturated carbocycles. The third kappa shape index (κ3) is 4.54. The number of carbonyl (C=O) groups excluding carboxylic acids is 1. The molecule has 0 aliphatic heterocycles. The average Bonchev–Trinajstić information content (AvgIpc) is 2.70. The van der Waals surface area contributed by atoms with E-state index in [-0.39, 0.29) is 16.9 Å². The van der Waals surface area contributed by atoms with E-state index in [1.54, 1.807) is 6.07 Å². The lowest BCUT2D eigenvalue weighted by atomic mass is 10.0. The molecule has 1 N–H and O–H groups in total. The summed E-state index contributed by atoms with van der Waals surface area (Å²) in [7, 11) is 0. The topological polar surface area (TPSA) is 51.1 Å². The molecule has 4 nitrogen and oxygen atoms in total. The van der Waals surface area contributed by atoms with Crippen LogP contribution in [0.25, 0.3) is 0 Å². The van der Waals surface area contributed by atoms with Crippen molar-refractivity contribution in [1.82, 2.24) is 4.57 Å². The van der Waals surface area contributed by atoms with Crippen LogP contribution in [0.2, 0.25) is 0 Å². The maximum absolute atomic E-state index is 13.1. The Hall–Kier alpha value is -3.14. The van der Waals surface area contributed by atoms with Gasteiger partial charge in [0.15, 0.2) is 5.43 Å². The molecule has 1 aromatic heterocycles. The minimum Gasteiger partial charge on any atom is -0.348 e. The van der Waals surface area contributed by atoms with Crippen LogP contribution in [0.15, 0.2) is 53.3 Å². The molecular formula is C26H30N2O2. The number of benzene rings is 2. The van der Waals surface area contributed by atoms with E-state index in [9.17, 15) is 9.59 Å². The van der Waals surface area contributed by atoms with Crippen LogP contribution >= 0.6 is 0 Å². The molecule has 0 fully saturated rings. The summed E-state index contributed by atoms with van der Waals surface area (Å²) in [5.74, 6) is -0.342. The Balaban J connectivity index is 1.92. The number of pyridine rings is 1. The molecule has 3 rings (SSSR count). The molecule has 0 spiro atoms. The first-order chi connectivity index (χ1) is 14.3. The first kappa shape index (κ1) is 21.6. The molecule has 0 aliphatic carbocycles. The molecule has 156 valence electrons. The first-order valence-corrected chi connectivity index (χ1v) is 10.5. The minimum absolute atomic E-state index is 0.217. The lowest BCUT2D eigenvalue weighted by Gasteiger charge is -2.19. The quantitative estimate of drug-likeness (QED) is 0.621. The van der Waals surface area contributed by atoms with Crippen LogP contribution in [0.4, 0.5) is 5.69 Å². The van der Waals surface area contributed by atoms with Crippen LogP contribution in [0.1, 0.15) is 50.9 Å². The van der Waals surface area contributed by atoms with Gasteiger partial charge in [0.1, 0.15) is 5.56 Å². The lowest BCUT2D eigenvalue weighted by Crippen LogP contribution is -2.28. The second-order valence-electron chi connectivity index (χ2n) is 7.91. The number of para-hydroxylation sites is 1. The van der Waals surface area contributed by atoms with Crippen molar-refractivity contribution >= 4 is 11.6 Å². The summed E-state index contributed by atoms with van der Waals surface area (Å²) >= 11 is 0. The summed E-state index contributed by atoms with van der Waals surface area (Å²) in [5.41, 5.74) is 6.88. The summed E-state index contributed by atoms with van der Waals surface area (Å²) < 4.78 is 2.06. The predicted molar refractivity (Wildman–Crippen MR) is 124 cm³/mol. The van der Waals surface area contributed by atoms with Gasteiger partial charge >= 0.3 is 0 Å². The molecule has 30 heavy (non-hydrogen) atoms. The molecule has 2 aromatic carbocycles. The molecule has 0 saturated heterocycles. The normalized spacial score (nSPS) is 10.8. The van der Waals surface area contributed by atoms with Gasteiger partial charge in [-0.05, 0) is 57.2 Å². The molecule has 3 aromatic rings. The maximum atomic E-state index is 13.1. The van der Waals surface area contributed by atoms with Gasteiger partial charge < -0.3 is 9.88 Å². The fourth-order valence-electron chi connectivity index (χ4n) is 3.91. The van der Waals surface area contributed by atoms with Gasteiger partial charge in [-0.1, -0.05) is 55.0 Å². The van der Waals surface area contributed by atoms with E-state index >= 15 is 0 Å². The highest BCUT2D eigenvalue weighted by molar-refractivity contribution is 6.05. The Morgan fingerprint density at radius 3 is 2.37 bits per heavy atom. The van der Waals surface area contributed by atoms with E-state index in [2.05, 4.69) is 48.0 Å². The van der Waals surface area contributed by atoms with Crippen LogP contribution in [0.5, 0.6) is 0 Å². The van der Waals surface area contributed by atoms with Crippen LogP contribution in [0, 0.1) is 27.7 Å². The van der Waals surface area contributed by atoms with Gasteiger partial charge in [-0.25, -0.2) is 0 Å². The zero-order valence-corrected chi connectivity index (χ0v) is 18.5. The zero-order valence-electron chi connectivity index (χ0n) is 18.5. The van der Waals surface area contributed by atoms with E-state index in [4.69, 9.17) is 0 Å². The van der Waals surface area contributed by atoms with Gasteiger partial charge in [0.2, 0.25) is 0 Å². The second-order valence-corrected chi connectivity index (χ2v) is 7.91. The third-order valence-electron chi connectivity index (χ3n) is 5.73. The van der Waals surface area contributed by atoms with Gasteiger partial charge in [-0.15, -0.1) is 0 Å². The second kappa shape index (κ2) is 9.12. The Kier molecular flexibility index (Phi) is 6.56. The van der Waals surface area contributed by atoms with E-state index in [1.165, 1.54) is 11.1 Å². The van der Waals surface area contributed by atoms with Crippen molar-refractivity contribution in [1.29, 1.82) is 0 Å². The number of hydrogen-bond donors (Lipinski definition) is 1. The van der Waals surface area contributed by atoms with Crippen molar-refractivity contribution in [2.24, 2.45) is 0 Å². The fraction of sp³-hybridized carbons (Fsp3) is 0.308. The Labute approximate surface area is 178 Å². The molecule has 4 heteroatoms. The third-order valence-corrected chi connectivity index (χ3v) is 5.73. The van der Waals surface area contributed by atoms with Crippen molar-refractivity contribution in [3.63, 3.8) is 0 Å². The molecule has 1 heterocycles. The maximum Gasteiger partial charge on any atom is 0.261 e. The van der Waals surface area contributed by atoms with Crippen molar-refractivity contribution in [3.8, 4) is 0 Å². The molecular weight excluding hydrogens is 372 g/mol. The molecule has 0 bridgehead atoms. The minimum atomic E-state index is -0.342. The number of aromatic nitrogens is 1. The van der Waals surface area contributed by atoms with E-state index in [0.29, 0.717) is 12.2 Å². The fourth-order valence-corrected chi connectivity index (χ4v) is 3.91. The Bertz CT molecular complexity index is 1130. The highest BCUT2D eigenvalue weighted by Gasteiger charge is 2.19. The number of carbonyl (C=O) groups is 1. The molecule has 0 aliphatic rings. The van der Waals surface area contributed by atoms with Crippen LogP contribution in [-0.4, -0.2) is 10.5 Å². The number of anilines is 1. The molecule has 0 radical (unpaired) electrons. The standard InChI is InChI=1S/C26H30N2O2/c1-6-22-9-7-8-18(3)25(22)27-26(30)24-20(5)28(19(4)16-23(24)29)15-14-21-12-10-17(2)11-13-21/h7-13,16H,6,14-15H2,1-5H3,(H,27,30). The summed E-state index contributed by atoms with van der Waals surface area (Å²) in [6.45, 7) is 10.6. The monoisotopic (exact) mass is 402 g/mol. The zero-order chi connectivity index (χ0) is 21.8. The first-order valence-electron chi connectivity index (χ1n) is 10.5. The summed E-state index contributed by atoms with van der Waals surface area (Å²) in [6.07, 6.45) is 1.65. The van der Waals surface area contributed by atoms with Crippen molar-refractivity contribution in [3.05, 3.63) is 98.0 Å². The van der Waals surface area contributed by atoms with Crippen LogP contribution < -0.4 is 10.7 Å². The van der Waals surface area contributed by atoms with Crippen LogP contribution in [0.3, 0.4) is 0 Å². The van der Waals surface area contributed by atoms with E-state index in [1.807, 2.05) is 39.0 Å². The average molecular weight is 403 g/mol. The largest absolute Gasteiger partial charge is 0.348 e. The number of rotatable bonds is 6. The molecule has 0 unspecified atom stereocenters. The van der Waals surface area contributed by atoms with Crippen molar-refractivity contribution < 1.29 is 4.79 Å². The van der Waals surface area contributed by atoms with Gasteiger partial charge in [0, 0.05) is 29.7 Å². The van der Waals surface area contributed by atoms with Gasteiger partial charge in [0.25, 0.3) is 5.91 Å². The Morgan fingerprint density at radius 2 is 1.70 bits per heavy atom. The van der Waals surface area contributed by atoms with Gasteiger partial charge in [0.05, 0.1) is 0 Å². The van der Waals surface area contributed by atoms with Crippen molar-refractivity contribution in [2.75, 3.05) is 5.32 Å². The van der Waals surface area contributed by atoms with Gasteiger partial charge in [-0.3, -0.25) is 9.59 Å². The number of nitrogens with one attached hydrogen (secondary N) is 1.